The smallest absolute Gasteiger partial charge is 0.274 e. The van der Waals surface area contributed by atoms with Crippen LogP contribution in [0.4, 0.5) is 0 Å². The Kier molecular flexibility index (Phi) is 41.1. The van der Waals surface area contributed by atoms with E-state index >= 15 is 0 Å². The van der Waals surface area contributed by atoms with Crippen LogP contribution in [0.3, 0.4) is 0 Å². The fourth-order valence-corrected chi connectivity index (χ4v) is 9.31. The summed E-state index contributed by atoms with van der Waals surface area (Å²) >= 11 is 0. The third kappa shape index (κ3) is 57.0. The second-order valence-electron chi connectivity index (χ2n) is 15.4. The highest BCUT2D eigenvalue weighted by Crippen LogP contribution is 2.54. The highest BCUT2D eigenvalue weighted by molar-refractivity contribution is 7.60. The zero-order valence-corrected chi connectivity index (χ0v) is 46.7. The largest absolute Gasteiger partial charge is 0.756 e. The maximum Gasteiger partial charge on any atom is 0.274 e. The van der Waals surface area contributed by atoms with E-state index in [1.54, 1.807) is 27.7 Å². The zero-order valence-electron chi connectivity index (χ0n) is 41.3. The van der Waals surface area contributed by atoms with Gasteiger partial charge in [0.2, 0.25) is 0 Å². The van der Waals surface area contributed by atoms with Crippen molar-refractivity contribution in [2.45, 2.75) is 126 Å². The summed E-state index contributed by atoms with van der Waals surface area (Å²) in [5, 5.41) is 3.45. The number of carbonyl (C=O) groups excluding carboxylic acids is 1. The van der Waals surface area contributed by atoms with E-state index in [1.807, 2.05) is 32.9 Å². The van der Waals surface area contributed by atoms with Crippen LogP contribution in [0.2, 0.25) is 0 Å². The lowest BCUT2D eigenvalue weighted by atomic mass is 10.1. The van der Waals surface area contributed by atoms with E-state index in [0.717, 1.165) is 67.2 Å². The lowest BCUT2D eigenvalue weighted by Crippen LogP contribution is -2.11. The molecule has 0 spiro atoms. The fourth-order valence-electron chi connectivity index (χ4n) is 4.94. The van der Waals surface area contributed by atoms with E-state index in [0.29, 0.717) is 51.9 Å². The van der Waals surface area contributed by atoms with Gasteiger partial charge in [-0.05, 0) is 125 Å². The van der Waals surface area contributed by atoms with E-state index in [2.05, 4.69) is 48.5 Å². The first-order chi connectivity index (χ1) is 33.0. The molecule has 416 valence electrons. The second-order valence-corrected chi connectivity index (χ2v) is 23.6. The Morgan fingerprint density at radius 2 is 0.861 bits per heavy atom. The molecule has 0 aromatic heterocycles. The summed E-state index contributed by atoms with van der Waals surface area (Å²) in [6, 6.07) is 0. The molecule has 3 N–H and O–H groups in total. The quantitative estimate of drug-likeness (QED) is 0.0111. The van der Waals surface area contributed by atoms with Gasteiger partial charge in [0.15, 0.2) is 0 Å². The maximum absolute atomic E-state index is 11.1. The topological polar surface area (TPSA) is 432 Å². The Labute approximate surface area is 421 Å². The van der Waals surface area contributed by atoms with Crippen molar-refractivity contribution in [2.75, 3.05) is 39.6 Å². The highest BCUT2D eigenvalue weighted by atomic mass is 31.3. The van der Waals surface area contributed by atoms with Crippen LogP contribution >= 0.6 is 46.9 Å². The molecule has 0 aromatic carbocycles. The number of azide groups is 1. The minimum atomic E-state index is -5.40. The van der Waals surface area contributed by atoms with Crippen molar-refractivity contribution in [3.8, 4) is 12.3 Å². The molecule has 0 fully saturated rings. The van der Waals surface area contributed by atoms with Gasteiger partial charge in [-0.25, -0.2) is 12.9 Å². The van der Waals surface area contributed by atoms with Crippen molar-refractivity contribution in [2.24, 2.45) is 5.11 Å². The Morgan fingerprint density at radius 1 is 0.542 bits per heavy atom. The number of hydrogen-bond donors (Lipinski definition) is 3. The molecule has 0 heterocycles. The van der Waals surface area contributed by atoms with Crippen LogP contribution < -0.4 is 29.4 Å². The number of rotatable bonds is 36. The summed E-state index contributed by atoms with van der Waals surface area (Å²) in [6.45, 7) is 13.0. The Hall–Kier alpha value is -2.28. The maximum atomic E-state index is 11.1. The van der Waals surface area contributed by atoms with Crippen molar-refractivity contribution in [1.29, 1.82) is 0 Å². The van der Waals surface area contributed by atoms with Gasteiger partial charge in [-0.1, -0.05) is 80.9 Å². The van der Waals surface area contributed by atoms with E-state index < -0.39 is 46.9 Å². The Morgan fingerprint density at radius 3 is 1.17 bits per heavy atom. The van der Waals surface area contributed by atoms with E-state index in [-0.39, 0.29) is 25.6 Å². The standard InChI is InChI=1S/C15H26O8P2.C13H24O8P2.C12H23N3O7P2/c1-4-11-21-12-6-9-14(2)7-5-8-15(3)10-13-22-25(19,20)23-24(16,17)18;1-11(7-8-13(3)14)5-4-6-12(2)9-10-20-23(18,19)21-22(15,16)17;1-11(7-4-9-14-15-13)5-3-6-12(2)8-10-21-24(19,20)22-23(16,17)18/h1,7,10H,5-6,8-9,11-13H2,2-3H3,(H,19,20)(H2,16,17,18);5,9H,4,6-8,10H2,1-3H3,(H,18,19)(H2,15,16,17);5,8H,3-4,6-7,9-10H2,1-2H3,(H,19,20)(H2,16,17,18)/p-6/b14-7+,15-10+;11-5+,12-9+;11-5+,12-8+. The molecule has 0 aliphatic heterocycles. The Balaban J connectivity index is -0.000000993. The number of terminal acetylenes is 1. The summed E-state index contributed by atoms with van der Waals surface area (Å²) in [5.74, 6) is 2.54. The molecular weight excluding hydrogens is 1080 g/mol. The van der Waals surface area contributed by atoms with Crippen LogP contribution in [0, 0.1) is 12.3 Å². The summed E-state index contributed by atoms with van der Waals surface area (Å²) in [7, 11) is -31.5. The normalized spacial score (nSPS) is 17.9. The SMILES string of the molecule is C#CCOCCC/C(C)=C/CC/C(C)=C/COP(=O)([O-])OP(=O)([O-])O.C/C(=C\COP(=O)([O-])OP(=O)([O-])O)CC/C=C(\C)CCCN=[N+]=[N-].CC(=O)CC/C(C)=C/CC/C(C)=C/COP(=O)([O-])OP(=O)([O-])O. The first-order valence-corrected chi connectivity index (χ1v) is 30.5. The number of phosphoric acid groups is 6. The van der Waals surface area contributed by atoms with Gasteiger partial charge in [0.1, 0.15) is 12.4 Å². The molecule has 72 heavy (non-hydrogen) atoms. The van der Waals surface area contributed by atoms with Gasteiger partial charge in [0.05, 0.1) is 19.8 Å². The molecule has 0 aliphatic carbocycles. The van der Waals surface area contributed by atoms with Crippen LogP contribution in [0.1, 0.15) is 126 Å². The number of carbonyl (C=O) groups is 1. The molecule has 0 radical (unpaired) electrons. The molecule has 0 bridgehead atoms. The van der Waals surface area contributed by atoms with Gasteiger partial charge in [-0.2, -0.15) is 0 Å². The fraction of sp³-hybridized carbons (Fsp3) is 0.625. The number of phosphoric ester groups is 3. The summed E-state index contributed by atoms with van der Waals surface area (Å²) < 4.78 is 92.6. The molecule has 0 amide bonds. The average Bonchev–Trinajstić information content (AvgIpc) is 3.19. The monoisotopic (exact) mass is 1140 g/mol. The van der Waals surface area contributed by atoms with Gasteiger partial charge >= 0.3 is 0 Å². The number of allylic oxidation sites excluding steroid dienone is 9. The van der Waals surface area contributed by atoms with Gasteiger partial charge in [-0.15, -0.1) is 6.42 Å². The molecule has 0 rings (SSSR count). The van der Waals surface area contributed by atoms with Gasteiger partial charge in [0.25, 0.3) is 46.9 Å². The van der Waals surface area contributed by atoms with Crippen molar-refractivity contribution in [1.82, 2.24) is 0 Å². The van der Waals surface area contributed by atoms with Crippen molar-refractivity contribution in [3.63, 3.8) is 0 Å². The third-order valence-corrected chi connectivity index (χ3v) is 14.8. The molecule has 6 unspecified atom stereocenters. The number of nitrogens with zero attached hydrogens (tertiary/aromatic N) is 3. The number of ketones is 1. The van der Waals surface area contributed by atoms with Gasteiger partial charge < -0.3 is 67.1 Å². The minimum Gasteiger partial charge on any atom is -0.756 e. The summed E-state index contributed by atoms with van der Waals surface area (Å²) in [4.78, 5) is 103. The first kappa shape index (κ1) is 74.0. The van der Waals surface area contributed by atoms with Crippen LogP contribution in [0.5, 0.6) is 0 Å². The van der Waals surface area contributed by atoms with Crippen molar-refractivity contribution in [3.05, 3.63) is 80.3 Å². The molecule has 6 atom stereocenters. The van der Waals surface area contributed by atoms with Gasteiger partial charge in [0, 0.05) is 24.5 Å². The lowest BCUT2D eigenvalue weighted by Gasteiger charge is -2.26. The average molecular weight is 1140 g/mol. The van der Waals surface area contributed by atoms with E-state index in [9.17, 15) is 61.5 Å². The highest BCUT2D eigenvalue weighted by Gasteiger charge is 2.18. The third-order valence-electron chi connectivity index (χ3n) is 8.51. The van der Waals surface area contributed by atoms with Crippen LogP contribution in [0.25, 0.3) is 10.4 Å². The van der Waals surface area contributed by atoms with E-state index in [4.69, 9.17) is 31.4 Å². The van der Waals surface area contributed by atoms with Gasteiger partial charge in [-0.3, -0.25) is 27.4 Å². The lowest BCUT2D eigenvalue weighted by molar-refractivity contribution is -0.243. The first-order valence-electron chi connectivity index (χ1n) is 21.6. The van der Waals surface area contributed by atoms with Crippen LogP contribution in [-0.2, 0) is 63.4 Å². The number of ether oxygens (including phenoxy) is 1. The molecule has 0 aromatic rings. The Bertz CT molecular complexity index is 2210. The number of hydrogen-bond acceptors (Lipinski definition) is 21. The van der Waals surface area contributed by atoms with Crippen LogP contribution in [0.15, 0.2) is 75.0 Å². The summed E-state index contributed by atoms with van der Waals surface area (Å²) in [5.41, 5.74) is 14.2. The predicted octanol–water partition coefficient (Wildman–Crippen LogP) is 6.75. The second kappa shape index (κ2) is 40.0. The minimum absolute atomic E-state index is 0.140. The molecule has 32 heteroatoms. The molecule has 0 saturated carbocycles. The molecule has 26 nitrogen and oxygen atoms in total. The number of Topliss-reactive ketones (excluding diaryl/α,β-unsaturated/α-hetero) is 1. The predicted molar refractivity (Wildman–Crippen MR) is 256 cm³/mol. The van der Waals surface area contributed by atoms with Crippen LogP contribution in [-0.4, -0.2) is 60.0 Å². The summed E-state index contributed by atoms with van der Waals surface area (Å²) in [6.07, 6.45) is 24.5. The van der Waals surface area contributed by atoms with Crippen molar-refractivity contribution >= 4 is 52.7 Å². The zero-order chi connectivity index (χ0) is 56.1. The molecular formula is C40H67N3O23P6-6. The molecule has 0 aliphatic rings. The molecule has 0 saturated heterocycles. The van der Waals surface area contributed by atoms with Crippen molar-refractivity contribution < 1.29 is 107 Å². The van der Waals surface area contributed by atoms with E-state index in [1.165, 1.54) is 29.4 Å².